The molecule has 0 radical (unpaired) electrons. The average Bonchev–Trinajstić information content (AvgIpc) is 2.68. The Hall–Kier alpha value is -2.12. The minimum atomic E-state index is -3.94. The molecule has 27 heavy (non-hydrogen) atoms. The molecular weight excluding hydrogens is 399 g/mol. The van der Waals surface area contributed by atoms with Gasteiger partial charge in [-0.25, -0.2) is 26.2 Å². The van der Waals surface area contributed by atoms with E-state index in [1.165, 1.54) is 16.4 Å². The summed E-state index contributed by atoms with van der Waals surface area (Å²) in [5.74, 6) is -0.456. The summed E-state index contributed by atoms with van der Waals surface area (Å²) in [6.07, 6.45) is 1.14. The molecule has 3 rings (SSSR count). The standard InChI is InChI=1S/C15H17FN4O5S2/c16-12-1-3-13(4-2-12)26(21,22)19-18-15-6-5-14(11-17-15)27(23,24)20-7-9-25-10-8-20/h1-6,11,19H,7-10H2,(H,17,18). The third kappa shape index (κ3) is 4.59. The van der Waals surface area contributed by atoms with E-state index in [2.05, 4.69) is 15.2 Å². The molecule has 0 aliphatic carbocycles. The molecule has 1 aromatic heterocycles. The van der Waals surface area contributed by atoms with Crippen molar-refractivity contribution in [2.75, 3.05) is 31.7 Å². The Kier molecular flexibility index (Phi) is 5.72. The predicted octanol–water partition coefficient (Wildman–Crippen LogP) is 0.547. The zero-order valence-corrected chi connectivity index (χ0v) is 15.6. The van der Waals surface area contributed by atoms with Gasteiger partial charge in [0.05, 0.1) is 18.1 Å². The van der Waals surface area contributed by atoms with Gasteiger partial charge in [-0.1, -0.05) is 0 Å². The van der Waals surface area contributed by atoms with E-state index in [0.717, 1.165) is 30.5 Å². The summed E-state index contributed by atoms with van der Waals surface area (Å²) >= 11 is 0. The van der Waals surface area contributed by atoms with Gasteiger partial charge in [0.15, 0.2) is 0 Å². The number of ether oxygens (including phenoxy) is 1. The average molecular weight is 416 g/mol. The highest BCUT2D eigenvalue weighted by molar-refractivity contribution is 7.89. The maximum absolute atomic E-state index is 12.9. The molecule has 9 nitrogen and oxygen atoms in total. The van der Waals surface area contributed by atoms with Gasteiger partial charge < -0.3 is 4.74 Å². The number of anilines is 1. The second kappa shape index (κ2) is 7.86. The Morgan fingerprint density at radius 3 is 2.19 bits per heavy atom. The van der Waals surface area contributed by atoms with E-state index in [-0.39, 0.29) is 28.7 Å². The number of hydrazine groups is 1. The van der Waals surface area contributed by atoms with Crippen molar-refractivity contribution >= 4 is 25.9 Å². The summed E-state index contributed by atoms with van der Waals surface area (Å²) in [5.41, 5.74) is 2.38. The van der Waals surface area contributed by atoms with E-state index in [9.17, 15) is 21.2 Å². The molecule has 146 valence electrons. The van der Waals surface area contributed by atoms with Gasteiger partial charge in [-0.05, 0) is 36.4 Å². The van der Waals surface area contributed by atoms with Crippen molar-refractivity contribution in [2.24, 2.45) is 0 Å². The van der Waals surface area contributed by atoms with Crippen LogP contribution in [0.1, 0.15) is 0 Å². The van der Waals surface area contributed by atoms with Crippen molar-refractivity contribution in [3.63, 3.8) is 0 Å². The molecule has 1 aromatic carbocycles. The number of nitrogens with one attached hydrogen (secondary N) is 2. The van der Waals surface area contributed by atoms with Crippen molar-refractivity contribution in [3.8, 4) is 0 Å². The topological polar surface area (TPSA) is 118 Å². The van der Waals surface area contributed by atoms with Gasteiger partial charge >= 0.3 is 0 Å². The maximum atomic E-state index is 12.9. The van der Waals surface area contributed by atoms with Crippen molar-refractivity contribution in [1.29, 1.82) is 0 Å². The molecule has 1 saturated heterocycles. The minimum Gasteiger partial charge on any atom is -0.379 e. The number of morpholine rings is 1. The van der Waals surface area contributed by atoms with Crippen LogP contribution in [0, 0.1) is 5.82 Å². The second-order valence-electron chi connectivity index (χ2n) is 5.58. The highest BCUT2D eigenvalue weighted by Gasteiger charge is 2.26. The minimum absolute atomic E-state index is 0.00339. The Balaban J connectivity index is 1.68. The molecule has 2 aromatic rings. The van der Waals surface area contributed by atoms with Crippen LogP contribution in [0.4, 0.5) is 10.2 Å². The summed E-state index contributed by atoms with van der Waals surface area (Å²) in [4.78, 5) is 5.87. The molecule has 0 unspecified atom stereocenters. The van der Waals surface area contributed by atoms with Crippen LogP contribution in [0.2, 0.25) is 0 Å². The summed E-state index contributed by atoms with van der Waals surface area (Å²) < 4.78 is 68.6. The molecule has 2 heterocycles. The van der Waals surface area contributed by atoms with Gasteiger partial charge in [-0.3, -0.25) is 5.43 Å². The summed E-state index contributed by atoms with van der Waals surface area (Å²) in [7, 11) is -7.62. The number of halogens is 1. The van der Waals surface area contributed by atoms with E-state index in [4.69, 9.17) is 4.74 Å². The third-order valence-electron chi connectivity index (χ3n) is 3.78. The Morgan fingerprint density at radius 1 is 0.963 bits per heavy atom. The Morgan fingerprint density at radius 2 is 1.59 bits per heavy atom. The smallest absolute Gasteiger partial charge is 0.257 e. The Labute approximate surface area is 156 Å². The molecule has 0 bridgehead atoms. The summed E-state index contributed by atoms with van der Waals surface area (Å²) in [6.45, 7) is 1.19. The highest BCUT2D eigenvalue weighted by atomic mass is 32.2. The monoisotopic (exact) mass is 416 g/mol. The lowest BCUT2D eigenvalue weighted by atomic mass is 10.4. The van der Waals surface area contributed by atoms with Gasteiger partial charge in [0, 0.05) is 19.3 Å². The molecule has 0 saturated carbocycles. The number of nitrogens with zero attached hydrogens (tertiary/aromatic N) is 2. The van der Waals surface area contributed by atoms with Crippen LogP contribution in [0.5, 0.6) is 0 Å². The van der Waals surface area contributed by atoms with E-state index in [0.29, 0.717) is 13.2 Å². The number of benzene rings is 1. The van der Waals surface area contributed by atoms with E-state index in [1.54, 1.807) is 0 Å². The van der Waals surface area contributed by atoms with Crippen LogP contribution in [0.25, 0.3) is 0 Å². The number of hydrogen-bond donors (Lipinski definition) is 2. The third-order valence-corrected chi connectivity index (χ3v) is 6.93. The molecule has 12 heteroatoms. The fraction of sp³-hybridized carbons (Fsp3) is 0.267. The quantitative estimate of drug-likeness (QED) is 0.660. The van der Waals surface area contributed by atoms with Crippen LogP contribution in [0.15, 0.2) is 52.4 Å². The van der Waals surface area contributed by atoms with E-state index >= 15 is 0 Å². The normalized spacial score (nSPS) is 16.2. The van der Waals surface area contributed by atoms with Gasteiger partial charge in [-0.15, -0.1) is 4.83 Å². The van der Waals surface area contributed by atoms with Gasteiger partial charge in [0.2, 0.25) is 10.0 Å². The molecular formula is C15H17FN4O5S2. The number of rotatable bonds is 6. The number of pyridine rings is 1. The molecule has 1 aliphatic rings. The largest absolute Gasteiger partial charge is 0.379 e. The highest BCUT2D eigenvalue weighted by Crippen LogP contribution is 2.17. The maximum Gasteiger partial charge on any atom is 0.257 e. The SMILES string of the molecule is O=S(=O)(NNc1ccc(S(=O)(=O)N2CCOCC2)cn1)c1ccc(F)cc1. The molecule has 0 spiro atoms. The van der Waals surface area contributed by atoms with Crippen LogP contribution in [-0.4, -0.2) is 52.4 Å². The van der Waals surface area contributed by atoms with Crippen LogP contribution >= 0.6 is 0 Å². The van der Waals surface area contributed by atoms with Crippen molar-refractivity contribution in [3.05, 3.63) is 48.4 Å². The van der Waals surface area contributed by atoms with Gasteiger partial charge in [0.25, 0.3) is 10.0 Å². The first-order valence-corrected chi connectivity index (χ1v) is 10.8. The first kappa shape index (κ1) is 19.6. The van der Waals surface area contributed by atoms with Crippen molar-refractivity contribution < 1.29 is 26.0 Å². The van der Waals surface area contributed by atoms with E-state index < -0.39 is 25.9 Å². The molecule has 2 N–H and O–H groups in total. The molecule has 0 amide bonds. The molecule has 1 aliphatic heterocycles. The van der Waals surface area contributed by atoms with Crippen LogP contribution in [0.3, 0.4) is 0 Å². The predicted molar refractivity (Wildman–Crippen MR) is 94.2 cm³/mol. The lowest BCUT2D eigenvalue weighted by Gasteiger charge is -2.25. The van der Waals surface area contributed by atoms with E-state index in [1.807, 2.05) is 0 Å². The van der Waals surface area contributed by atoms with Crippen molar-refractivity contribution in [1.82, 2.24) is 14.1 Å². The lowest BCUT2D eigenvalue weighted by molar-refractivity contribution is 0.0730. The summed E-state index contributed by atoms with van der Waals surface area (Å²) in [5, 5.41) is 0. The van der Waals surface area contributed by atoms with Crippen LogP contribution in [-0.2, 0) is 24.8 Å². The van der Waals surface area contributed by atoms with Gasteiger partial charge in [0.1, 0.15) is 16.5 Å². The number of hydrogen-bond acceptors (Lipinski definition) is 7. The lowest BCUT2D eigenvalue weighted by Crippen LogP contribution is -2.40. The Bertz CT molecular complexity index is 990. The molecule has 1 fully saturated rings. The zero-order valence-electron chi connectivity index (χ0n) is 14.0. The summed E-state index contributed by atoms with van der Waals surface area (Å²) in [6, 6.07) is 6.94. The zero-order chi connectivity index (χ0) is 19.5. The fourth-order valence-electron chi connectivity index (χ4n) is 2.33. The first-order chi connectivity index (χ1) is 12.8. The first-order valence-electron chi connectivity index (χ1n) is 7.86. The van der Waals surface area contributed by atoms with Crippen molar-refractivity contribution in [2.45, 2.75) is 9.79 Å². The fourth-order valence-corrected chi connectivity index (χ4v) is 4.54. The number of sulfonamides is 2. The molecule has 0 atom stereocenters. The second-order valence-corrected chi connectivity index (χ2v) is 9.20. The number of aromatic nitrogens is 1. The van der Waals surface area contributed by atoms with Gasteiger partial charge in [-0.2, -0.15) is 4.31 Å². The van der Waals surface area contributed by atoms with Crippen LogP contribution < -0.4 is 10.3 Å².